The molecule has 5 heterocycles. The minimum Gasteiger partial charge on any atom is -0.349 e. The van der Waals surface area contributed by atoms with E-state index < -0.39 is 0 Å². The molecule has 2 bridgehead atoms. The van der Waals surface area contributed by atoms with E-state index in [1.165, 1.54) is 11.1 Å². The van der Waals surface area contributed by atoms with Crippen LogP contribution in [0.15, 0.2) is 30.7 Å². The number of fused-ring (bicyclic) bond motifs is 5. The summed E-state index contributed by atoms with van der Waals surface area (Å²) < 4.78 is 1.67. The Bertz CT molecular complexity index is 1060. The van der Waals surface area contributed by atoms with Gasteiger partial charge in [0.25, 0.3) is 5.91 Å². The Balaban J connectivity index is 1.69. The molecule has 0 aromatic carbocycles. The minimum absolute atomic E-state index is 0.0435. The van der Waals surface area contributed by atoms with Crippen LogP contribution < -0.4 is 10.2 Å². The number of pyridine rings is 1. The number of amides is 1. The lowest BCUT2D eigenvalue weighted by molar-refractivity contribution is 0.0940. The molecule has 0 aliphatic carbocycles. The second-order valence-electron chi connectivity index (χ2n) is 7.93. The largest absolute Gasteiger partial charge is 0.349 e. The van der Waals surface area contributed by atoms with Gasteiger partial charge in [-0.3, -0.25) is 9.78 Å². The van der Waals surface area contributed by atoms with Gasteiger partial charge < -0.3 is 10.2 Å². The summed E-state index contributed by atoms with van der Waals surface area (Å²) in [6, 6.07) is 4.58. The molecule has 7 nitrogen and oxygen atoms in total. The lowest BCUT2D eigenvalue weighted by Crippen LogP contribution is -2.33. The molecule has 0 radical (unpaired) electrons. The number of aromatic nitrogens is 4. The number of nitrogens with one attached hydrogen (secondary N) is 1. The Morgan fingerprint density at radius 2 is 2.14 bits per heavy atom. The zero-order valence-electron chi connectivity index (χ0n) is 16.2. The molecular formula is C21H24N6O. The fourth-order valence-corrected chi connectivity index (χ4v) is 4.39. The maximum atomic E-state index is 12.8. The number of carbonyl (C=O) groups excluding carboxylic acids is 1. The van der Waals surface area contributed by atoms with Crippen LogP contribution in [0.25, 0.3) is 5.65 Å². The zero-order chi connectivity index (χ0) is 19.3. The van der Waals surface area contributed by atoms with Crippen LogP contribution in [0.3, 0.4) is 0 Å². The Morgan fingerprint density at radius 3 is 3.04 bits per heavy atom. The zero-order valence-corrected chi connectivity index (χ0v) is 16.2. The number of hydrogen-bond acceptors (Lipinski definition) is 5. The summed E-state index contributed by atoms with van der Waals surface area (Å²) in [5.74, 6) is 0.769. The van der Waals surface area contributed by atoms with Crippen molar-refractivity contribution in [1.82, 2.24) is 24.9 Å². The van der Waals surface area contributed by atoms with Crippen molar-refractivity contribution in [3.05, 3.63) is 53.1 Å². The van der Waals surface area contributed by atoms with Crippen LogP contribution in [0.4, 0.5) is 5.82 Å². The van der Waals surface area contributed by atoms with Gasteiger partial charge in [0.2, 0.25) is 0 Å². The Labute approximate surface area is 163 Å². The monoisotopic (exact) mass is 376 g/mol. The van der Waals surface area contributed by atoms with Gasteiger partial charge in [0, 0.05) is 30.7 Å². The summed E-state index contributed by atoms with van der Waals surface area (Å²) >= 11 is 0. The van der Waals surface area contributed by atoms with Gasteiger partial charge >= 0.3 is 0 Å². The molecule has 2 aliphatic heterocycles. The lowest BCUT2D eigenvalue weighted by Gasteiger charge is -2.28. The molecule has 1 amide bonds. The van der Waals surface area contributed by atoms with Gasteiger partial charge in [-0.2, -0.15) is 5.10 Å². The first kappa shape index (κ1) is 17.2. The number of rotatable bonds is 0. The Morgan fingerprint density at radius 1 is 1.25 bits per heavy atom. The second-order valence-corrected chi connectivity index (χ2v) is 7.93. The average molecular weight is 376 g/mol. The molecule has 1 saturated heterocycles. The van der Waals surface area contributed by atoms with E-state index in [0.717, 1.165) is 43.7 Å². The van der Waals surface area contributed by atoms with Crippen molar-refractivity contribution in [2.45, 2.75) is 51.6 Å². The highest BCUT2D eigenvalue weighted by molar-refractivity contribution is 5.99. The van der Waals surface area contributed by atoms with Gasteiger partial charge in [-0.05, 0) is 56.7 Å². The van der Waals surface area contributed by atoms with Crippen molar-refractivity contribution in [2.24, 2.45) is 0 Å². The Kier molecular flexibility index (Phi) is 4.03. The number of carbonyl (C=O) groups is 1. The van der Waals surface area contributed by atoms with Gasteiger partial charge in [-0.25, -0.2) is 9.50 Å². The van der Waals surface area contributed by atoms with E-state index in [2.05, 4.69) is 28.3 Å². The van der Waals surface area contributed by atoms with Crippen LogP contribution in [0.2, 0.25) is 0 Å². The van der Waals surface area contributed by atoms with E-state index in [1.807, 2.05) is 25.4 Å². The fraction of sp³-hybridized carbons (Fsp3) is 0.429. The summed E-state index contributed by atoms with van der Waals surface area (Å²) in [6.07, 6.45) is 9.34. The Hall–Kier alpha value is -2.96. The molecule has 3 aromatic rings. The predicted octanol–water partition coefficient (Wildman–Crippen LogP) is 2.84. The summed E-state index contributed by atoms with van der Waals surface area (Å²) in [5, 5.41) is 7.40. The van der Waals surface area contributed by atoms with Gasteiger partial charge in [-0.1, -0.05) is 6.07 Å². The third-order valence-electron chi connectivity index (χ3n) is 5.84. The molecule has 28 heavy (non-hydrogen) atoms. The van der Waals surface area contributed by atoms with Crippen molar-refractivity contribution in [3.63, 3.8) is 0 Å². The van der Waals surface area contributed by atoms with Crippen LogP contribution in [0.5, 0.6) is 0 Å². The van der Waals surface area contributed by atoms with Crippen molar-refractivity contribution in [2.75, 3.05) is 11.4 Å². The van der Waals surface area contributed by atoms with Crippen LogP contribution in [0, 0.1) is 6.92 Å². The molecule has 5 rings (SSSR count). The third kappa shape index (κ3) is 2.82. The highest BCUT2D eigenvalue weighted by Crippen LogP contribution is 2.37. The molecule has 7 heteroatoms. The molecule has 1 N–H and O–H groups in total. The van der Waals surface area contributed by atoms with E-state index in [4.69, 9.17) is 9.97 Å². The minimum atomic E-state index is -0.124. The number of anilines is 1. The van der Waals surface area contributed by atoms with E-state index in [1.54, 1.807) is 10.7 Å². The van der Waals surface area contributed by atoms with Crippen molar-refractivity contribution in [1.29, 1.82) is 0 Å². The highest BCUT2D eigenvalue weighted by atomic mass is 16.1. The molecule has 3 aromatic heterocycles. The van der Waals surface area contributed by atoms with E-state index in [9.17, 15) is 4.79 Å². The maximum absolute atomic E-state index is 12.8. The summed E-state index contributed by atoms with van der Waals surface area (Å²) in [4.78, 5) is 24.8. The first-order chi connectivity index (χ1) is 13.6. The van der Waals surface area contributed by atoms with Crippen molar-refractivity contribution in [3.8, 4) is 0 Å². The molecular weight excluding hydrogens is 352 g/mol. The van der Waals surface area contributed by atoms with Crippen LogP contribution in [-0.2, 0) is 6.42 Å². The maximum Gasteiger partial charge on any atom is 0.256 e. The van der Waals surface area contributed by atoms with E-state index >= 15 is 0 Å². The van der Waals surface area contributed by atoms with E-state index in [-0.39, 0.29) is 18.0 Å². The predicted molar refractivity (Wildman–Crippen MR) is 107 cm³/mol. The lowest BCUT2D eigenvalue weighted by atomic mass is 9.97. The van der Waals surface area contributed by atoms with Gasteiger partial charge in [0.1, 0.15) is 11.4 Å². The average Bonchev–Trinajstić information content (AvgIpc) is 3.32. The highest BCUT2D eigenvalue weighted by Gasteiger charge is 2.30. The molecule has 0 saturated carbocycles. The smallest absolute Gasteiger partial charge is 0.256 e. The molecule has 2 aliphatic rings. The third-order valence-corrected chi connectivity index (χ3v) is 5.84. The quantitative estimate of drug-likeness (QED) is 0.653. The molecule has 144 valence electrons. The van der Waals surface area contributed by atoms with Gasteiger partial charge in [-0.15, -0.1) is 0 Å². The normalized spacial score (nSPS) is 22.2. The first-order valence-electron chi connectivity index (χ1n) is 9.97. The van der Waals surface area contributed by atoms with Crippen molar-refractivity contribution < 1.29 is 4.79 Å². The molecule has 1 fully saturated rings. The van der Waals surface area contributed by atoms with Gasteiger partial charge in [0.15, 0.2) is 5.65 Å². The fourth-order valence-electron chi connectivity index (χ4n) is 4.39. The van der Waals surface area contributed by atoms with Crippen LogP contribution in [-0.4, -0.2) is 38.1 Å². The molecule has 2 atom stereocenters. The number of nitrogens with zero attached hydrogens (tertiary/aromatic N) is 5. The van der Waals surface area contributed by atoms with Crippen molar-refractivity contribution >= 4 is 17.4 Å². The summed E-state index contributed by atoms with van der Waals surface area (Å²) in [6.45, 7) is 5.09. The second kappa shape index (κ2) is 6.58. The number of hydrogen-bond donors (Lipinski definition) is 1. The van der Waals surface area contributed by atoms with E-state index in [0.29, 0.717) is 11.2 Å². The standard InChI is InChI=1S/C21H24N6O/c1-13-10-15-17(22-11-13)6-5-14(2)24-21(28)16-12-23-27-9-7-19(25-20(16)27)26-8-3-4-18(15)26/h7,9-12,14,18H,3-6,8H2,1-2H3,(H,24,28). The summed E-state index contributed by atoms with van der Waals surface area (Å²) in [7, 11) is 0. The summed E-state index contributed by atoms with van der Waals surface area (Å²) in [5.41, 5.74) is 4.74. The first-order valence-corrected chi connectivity index (χ1v) is 9.97. The number of aryl methyl sites for hydroxylation is 2. The molecule has 0 spiro atoms. The topological polar surface area (TPSA) is 75.4 Å². The van der Waals surface area contributed by atoms with Gasteiger partial charge in [0.05, 0.1) is 12.2 Å². The van der Waals surface area contributed by atoms with Crippen LogP contribution in [0.1, 0.15) is 59.4 Å². The SMILES string of the molecule is Cc1cnc2c(c1)C1CCCN1c1ccn3ncc(c3n1)C(=O)NC(C)CC2. The van der Waals surface area contributed by atoms with Crippen LogP contribution >= 0.6 is 0 Å². The molecule has 2 unspecified atom stereocenters.